The Morgan fingerprint density at radius 3 is 2.48 bits per heavy atom. The first-order chi connectivity index (χ1) is 13.1. The SMILES string of the molecule is O=C(Nc1ccc(N2CCCCC2)c(F)c1)c1cccc2c(Br)cccc12. The number of hydrogen-bond donors (Lipinski definition) is 1. The monoisotopic (exact) mass is 426 g/mol. The number of piperidine rings is 1. The molecule has 1 fully saturated rings. The third kappa shape index (κ3) is 3.69. The quantitative estimate of drug-likeness (QED) is 0.558. The van der Waals surface area contributed by atoms with Crippen molar-refractivity contribution in [2.75, 3.05) is 23.3 Å². The topological polar surface area (TPSA) is 32.3 Å². The molecule has 0 atom stereocenters. The molecule has 3 aromatic carbocycles. The Labute approximate surface area is 166 Å². The molecule has 0 spiro atoms. The van der Waals surface area contributed by atoms with Gasteiger partial charge in [-0.3, -0.25) is 4.79 Å². The van der Waals surface area contributed by atoms with Gasteiger partial charge in [0.1, 0.15) is 5.82 Å². The smallest absolute Gasteiger partial charge is 0.256 e. The molecule has 27 heavy (non-hydrogen) atoms. The van der Waals surface area contributed by atoms with Gasteiger partial charge in [-0.05, 0) is 60.4 Å². The normalized spacial score (nSPS) is 14.4. The van der Waals surface area contributed by atoms with Gasteiger partial charge in [0.2, 0.25) is 0 Å². The molecule has 1 amide bonds. The van der Waals surface area contributed by atoms with Gasteiger partial charge >= 0.3 is 0 Å². The second-order valence-electron chi connectivity index (χ2n) is 6.81. The van der Waals surface area contributed by atoms with Gasteiger partial charge in [-0.15, -0.1) is 0 Å². The fraction of sp³-hybridized carbons (Fsp3) is 0.227. The third-order valence-corrected chi connectivity index (χ3v) is 5.71. The summed E-state index contributed by atoms with van der Waals surface area (Å²) in [7, 11) is 0. The van der Waals surface area contributed by atoms with Crippen molar-refractivity contribution < 1.29 is 9.18 Å². The fourth-order valence-electron chi connectivity index (χ4n) is 3.64. The molecule has 1 heterocycles. The van der Waals surface area contributed by atoms with Crippen LogP contribution in [-0.4, -0.2) is 19.0 Å². The molecular formula is C22H20BrFN2O. The molecule has 138 valence electrons. The molecule has 0 saturated carbocycles. The van der Waals surface area contributed by atoms with Crippen LogP contribution in [0.1, 0.15) is 29.6 Å². The maximum atomic E-state index is 14.6. The van der Waals surface area contributed by atoms with E-state index in [2.05, 4.69) is 26.1 Å². The largest absolute Gasteiger partial charge is 0.369 e. The number of rotatable bonds is 3. The molecule has 5 heteroatoms. The average Bonchev–Trinajstić information content (AvgIpc) is 2.69. The number of carbonyl (C=O) groups excluding carboxylic acids is 1. The summed E-state index contributed by atoms with van der Waals surface area (Å²) in [5.41, 5.74) is 1.64. The van der Waals surface area contributed by atoms with Crippen LogP contribution in [0.15, 0.2) is 59.1 Å². The van der Waals surface area contributed by atoms with Gasteiger partial charge in [0.25, 0.3) is 5.91 Å². The van der Waals surface area contributed by atoms with E-state index >= 15 is 0 Å². The van der Waals surface area contributed by atoms with Crippen LogP contribution in [-0.2, 0) is 0 Å². The lowest BCUT2D eigenvalue weighted by Gasteiger charge is -2.29. The van der Waals surface area contributed by atoms with E-state index in [1.165, 1.54) is 12.5 Å². The minimum Gasteiger partial charge on any atom is -0.369 e. The number of nitrogens with zero attached hydrogens (tertiary/aromatic N) is 1. The number of benzene rings is 3. The number of anilines is 2. The second-order valence-corrected chi connectivity index (χ2v) is 7.66. The molecular weight excluding hydrogens is 407 g/mol. The van der Waals surface area contributed by atoms with Gasteiger partial charge in [-0.2, -0.15) is 0 Å². The van der Waals surface area contributed by atoms with Crippen molar-refractivity contribution in [3.63, 3.8) is 0 Å². The molecule has 1 aliphatic rings. The van der Waals surface area contributed by atoms with Gasteiger partial charge < -0.3 is 10.2 Å². The zero-order chi connectivity index (χ0) is 18.8. The van der Waals surface area contributed by atoms with Gasteiger partial charge in [0, 0.05) is 28.8 Å². The van der Waals surface area contributed by atoms with E-state index in [0.717, 1.165) is 41.2 Å². The van der Waals surface area contributed by atoms with Crippen LogP contribution in [0, 0.1) is 5.82 Å². The van der Waals surface area contributed by atoms with Crippen molar-refractivity contribution in [1.82, 2.24) is 0 Å². The molecule has 0 radical (unpaired) electrons. The van der Waals surface area contributed by atoms with Crippen LogP contribution in [0.3, 0.4) is 0 Å². The fourth-order valence-corrected chi connectivity index (χ4v) is 4.14. The predicted molar refractivity (Wildman–Crippen MR) is 112 cm³/mol. The van der Waals surface area contributed by atoms with E-state index in [4.69, 9.17) is 0 Å². The van der Waals surface area contributed by atoms with Gasteiger partial charge in [-0.1, -0.05) is 40.2 Å². The number of hydrogen-bond acceptors (Lipinski definition) is 2. The molecule has 1 N–H and O–H groups in total. The molecule has 0 bridgehead atoms. The van der Waals surface area contributed by atoms with E-state index in [1.54, 1.807) is 18.2 Å². The molecule has 0 unspecified atom stereocenters. The predicted octanol–water partition coefficient (Wildman–Crippen LogP) is 5.98. The Morgan fingerprint density at radius 2 is 1.70 bits per heavy atom. The van der Waals surface area contributed by atoms with Gasteiger partial charge in [-0.25, -0.2) is 4.39 Å². The summed E-state index contributed by atoms with van der Waals surface area (Å²) in [6.45, 7) is 1.76. The Balaban J connectivity index is 1.58. The zero-order valence-corrected chi connectivity index (χ0v) is 16.4. The van der Waals surface area contributed by atoms with Crippen LogP contribution < -0.4 is 10.2 Å². The lowest BCUT2D eigenvalue weighted by atomic mass is 10.0. The van der Waals surface area contributed by atoms with Crippen molar-refractivity contribution >= 4 is 44.0 Å². The molecule has 3 nitrogen and oxygen atoms in total. The maximum Gasteiger partial charge on any atom is 0.256 e. The first-order valence-electron chi connectivity index (χ1n) is 9.16. The summed E-state index contributed by atoms with van der Waals surface area (Å²) in [6.07, 6.45) is 3.39. The Bertz CT molecular complexity index is 999. The van der Waals surface area contributed by atoms with Gasteiger partial charge in [0.05, 0.1) is 5.69 Å². The molecule has 1 aliphatic heterocycles. The maximum absolute atomic E-state index is 14.6. The first-order valence-corrected chi connectivity index (χ1v) is 9.96. The highest BCUT2D eigenvalue weighted by Crippen LogP contribution is 2.28. The summed E-state index contributed by atoms with van der Waals surface area (Å²) in [5.74, 6) is -0.542. The summed E-state index contributed by atoms with van der Waals surface area (Å²) < 4.78 is 15.5. The molecule has 3 aromatic rings. The van der Waals surface area contributed by atoms with Crippen molar-refractivity contribution in [2.24, 2.45) is 0 Å². The number of fused-ring (bicyclic) bond motifs is 1. The Kier molecular flexibility index (Phi) is 5.12. The Hall–Kier alpha value is -2.40. The Morgan fingerprint density at radius 1 is 0.963 bits per heavy atom. The van der Waals surface area contributed by atoms with Crippen molar-refractivity contribution in [2.45, 2.75) is 19.3 Å². The summed E-state index contributed by atoms with van der Waals surface area (Å²) in [5, 5.41) is 4.65. The van der Waals surface area contributed by atoms with Crippen LogP contribution in [0.5, 0.6) is 0 Å². The lowest BCUT2D eigenvalue weighted by Crippen LogP contribution is -2.30. The minimum atomic E-state index is -0.296. The minimum absolute atomic E-state index is 0.246. The van der Waals surface area contributed by atoms with Crippen LogP contribution in [0.2, 0.25) is 0 Å². The third-order valence-electron chi connectivity index (χ3n) is 5.02. The van der Waals surface area contributed by atoms with Crippen molar-refractivity contribution in [3.8, 4) is 0 Å². The number of nitrogens with one attached hydrogen (secondary N) is 1. The van der Waals surface area contributed by atoms with Crippen molar-refractivity contribution in [3.05, 3.63) is 70.5 Å². The van der Waals surface area contributed by atoms with Crippen LogP contribution in [0.4, 0.5) is 15.8 Å². The van der Waals surface area contributed by atoms with E-state index in [1.807, 2.05) is 30.3 Å². The number of amides is 1. The lowest BCUT2D eigenvalue weighted by molar-refractivity contribution is 0.102. The summed E-state index contributed by atoms with van der Waals surface area (Å²) in [4.78, 5) is 14.9. The van der Waals surface area contributed by atoms with E-state index in [0.29, 0.717) is 16.9 Å². The van der Waals surface area contributed by atoms with E-state index in [-0.39, 0.29) is 11.7 Å². The van der Waals surface area contributed by atoms with E-state index < -0.39 is 0 Å². The highest BCUT2D eigenvalue weighted by molar-refractivity contribution is 9.10. The van der Waals surface area contributed by atoms with Crippen molar-refractivity contribution in [1.29, 1.82) is 0 Å². The van der Waals surface area contributed by atoms with Crippen LogP contribution >= 0.6 is 15.9 Å². The number of halogens is 2. The highest BCUT2D eigenvalue weighted by Gasteiger charge is 2.16. The molecule has 4 rings (SSSR count). The molecule has 0 aliphatic carbocycles. The molecule has 0 aromatic heterocycles. The standard InChI is InChI=1S/C22H20BrFN2O/c23-19-9-5-6-16-17(19)7-4-8-18(16)22(27)25-15-10-11-21(20(24)14-15)26-12-2-1-3-13-26/h4-11,14H,1-3,12-13H2,(H,25,27). The molecule has 1 saturated heterocycles. The average molecular weight is 427 g/mol. The second kappa shape index (κ2) is 7.69. The summed E-state index contributed by atoms with van der Waals surface area (Å²) in [6, 6.07) is 16.3. The summed E-state index contributed by atoms with van der Waals surface area (Å²) >= 11 is 3.52. The van der Waals surface area contributed by atoms with E-state index in [9.17, 15) is 9.18 Å². The zero-order valence-electron chi connectivity index (χ0n) is 14.8. The number of carbonyl (C=O) groups is 1. The highest BCUT2D eigenvalue weighted by atomic mass is 79.9. The van der Waals surface area contributed by atoms with Crippen LogP contribution in [0.25, 0.3) is 10.8 Å². The first kappa shape index (κ1) is 18.0. The van der Waals surface area contributed by atoms with Gasteiger partial charge in [0.15, 0.2) is 0 Å².